The van der Waals surface area contributed by atoms with Crippen LogP contribution in [0.2, 0.25) is 0 Å². The minimum absolute atomic E-state index is 0.00696. The molecule has 4 amide bonds. The molecule has 3 atom stereocenters. The number of hydrogen-bond acceptors (Lipinski definition) is 18. The number of hydrogen-bond donors (Lipinski definition) is 6. The van der Waals surface area contributed by atoms with Gasteiger partial charge in [0.25, 0.3) is 0 Å². The number of rotatable bonds is 40. The molecule has 21 nitrogen and oxygen atoms in total. The van der Waals surface area contributed by atoms with E-state index in [1.54, 1.807) is 5.48 Å². The lowest BCUT2D eigenvalue weighted by atomic mass is 9.81. The molecule has 0 aliphatic carbocycles. The van der Waals surface area contributed by atoms with Crippen LogP contribution in [0.1, 0.15) is 90.5 Å². The number of thioether (sulfide) groups is 1. The quantitative estimate of drug-likeness (QED) is 0.0313. The molecule has 0 saturated carbocycles. The van der Waals surface area contributed by atoms with Crippen molar-refractivity contribution in [2.24, 2.45) is 17.8 Å². The molecule has 0 unspecified atom stereocenters. The fraction of sp³-hybridized carbons (Fsp3) is 0.720. The Morgan fingerprint density at radius 2 is 1.28 bits per heavy atom. The standard InChI is InChI=1S/C50H81N5O16S/c1-37(2)33-44-43(50(63)55-64)7-4-22-71-42-13-9-39(10-14-42)34-45(54-49(44)62)46(59)8-5-20-65-25-29-69-31-27-67-23-18-51-17-6-21-66-26-30-70-32-28-68-24-19-52-47(60)15-11-40(57)35-53-48(61)16-12-41(58)36-72-38(3)56/h9-10,13-14,37,43-45,51,64H,4-8,11-12,15-36H2,1-3H3,(H,52,60)(H,53,61)(H,54,62)(H,55,63)/t43-,44+,45-/m0/s1. The maximum atomic E-state index is 13.7. The van der Waals surface area contributed by atoms with Crippen LogP contribution in [0.25, 0.3) is 0 Å². The Bertz CT molecular complexity index is 1740. The van der Waals surface area contributed by atoms with E-state index in [0.717, 1.165) is 30.3 Å². The molecule has 2 aliphatic rings. The first-order chi connectivity index (χ1) is 34.8. The number of carbonyl (C=O) groups excluding carboxylic acids is 8. The highest BCUT2D eigenvalue weighted by molar-refractivity contribution is 8.14. The van der Waals surface area contributed by atoms with E-state index in [1.165, 1.54) is 6.92 Å². The smallest absolute Gasteiger partial charge is 0.247 e. The van der Waals surface area contributed by atoms with Crippen LogP contribution in [0.5, 0.6) is 5.75 Å². The third kappa shape index (κ3) is 32.6. The fourth-order valence-electron chi connectivity index (χ4n) is 7.19. The Morgan fingerprint density at radius 1 is 0.708 bits per heavy atom. The van der Waals surface area contributed by atoms with E-state index in [4.69, 9.17) is 33.2 Å². The highest BCUT2D eigenvalue weighted by Gasteiger charge is 2.36. The second-order valence-electron chi connectivity index (χ2n) is 17.6. The molecule has 0 aromatic heterocycles. The van der Waals surface area contributed by atoms with Crippen molar-refractivity contribution in [3.8, 4) is 5.75 Å². The van der Waals surface area contributed by atoms with Crippen LogP contribution < -0.4 is 31.5 Å². The number of benzene rings is 1. The summed E-state index contributed by atoms with van der Waals surface area (Å²) in [4.78, 5) is 98.3. The molecule has 0 spiro atoms. The number of ketones is 3. The van der Waals surface area contributed by atoms with Crippen molar-refractivity contribution in [2.75, 3.05) is 118 Å². The van der Waals surface area contributed by atoms with Gasteiger partial charge in [0.05, 0.1) is 96.9 Å². The van der Waals surface area contributed by atoms with Gasteiger partial charge in [-0.15, -0.1) is 0 Å². The molecule has 2 bridgehead atoms. The molecule has 0 fully saturated rings. The zero-order valence-corrected chi connectivity index (χ0v) is 43.4. The average molecular weight is 1040 g/mol. The molecule has 2 heterocycles. The first kappa shape index (κ1) is 63.7. The zero-order chi connectivity index (χ0) is 52.6. The first-order valence-corrected chi connectivity index (χ1v) is 26.1. The first-order valence-electron chi connectivity index (χ1n) is 25.1. The number of ether oxygens (including phenoxy) is 7. The van der Waals surface area contributed by atoms with E-state index in [2.05, 4.69) is 21.3 Å². The molecule has 6 N–H and O–H groups in total. The van der Waals surface area contributed by atoms with E-state index in [1.807, 2.05) is 38.1 Å². The average Bonchev–Trinajstić information content (AvgIpc) is 3.36. The van der Waals surface area contributed by atoms with Gasteiger partial charge >= 0.3 is 0 Å². The van der Waals surface area contributed by atoms with E-state index in [-0.39, 0.29) is 104 Å². The summed E-state index contributed by atoms with van der Waals surface area (Å²) < 4.78 is 39.3. The van der Waals surface area contributed by atoms with Gasteiger partial charge in [0.1, 0.15) is 11.5 Å². The Balaban J connectivity index is 1.40. The molecule has 3 rings (SSSR count). The summed E-state index contributed by atoms with van der Waals surface area (Å²) in [6, 6.07) is 6.63. The minimum Gasteiger partial charge on any atom is -0.494 e. The van der Waals surface area contributed by atoms with Gasteiger partial charge in [-0.1, -0.05) is 37.7 Å². The minimum atomic E-state index is -0.797. The van der Waals surface area contributed by atoms with Crippen LogP contribution in [0.15, 0.2) is 24.3 Å². The molecule has 1 aromatic carbocycles. The number of fused-ring (bicyclic) bond motifs is 11. The van der Waals surface area contributed by atoms with Crippen LogP contribution in [0.4, 0.5) is 0 Å². The predicted molar refractivity (Wildman–Crippen MR) is 267 cm³/mol. The lowest BCUT2D eigenvalue weighted by Crippen LogP contribution is -2.49. The number of carbonyl (C=O) groups is 8. The summed E-state index contributed by atoms with van der Waals surface area (Å²) in [5, 5.41) is 20.7. The normalized spacial score (nSPS) is 16.1. The van der Waals surface area contributed by atoms with Crippen LogP contribution in [-0.2, 0) is 73.2 Å². The van der Waals surface area contributed by atoms with Gasteiger partial charge in [0, 0.05) is 71.2 Å². The van der Waals surface area contributed by atoms with Gasteiger partial charge in [-0.25, -0.2) is 5.48 Å². The van der Waals surface area contributed by atoms with Gasteiger partial charge in [-0.05, 0) is 68.7 Å². The fourth-order valence-corrected chi connectivity index (χ4v) is 7.70. The zero-order valence-electron chi connectivity index (χ0n) is 42.6. The summed E-state index contributed by atoms with van der Waals surface area (Å²) in [6.45, 7) is 12.2. The lowest BCUT2D eigenvalue weighted by Gasteiger charge is -2.29. The molecule has 1 aromatic rings. The van der Waals surface area contributed by atoms with Gasteiger partial charge in [-0.3, -0.25) is 43.6 Å². The number of hydroxylamine groups is 1. The highest BCUT2D eigenvalue weighted by Crippen LogP contribution is 2.27. The molecule has 0 saturated heterocycles. The molecular weight excluding hydrogens is 959 g/mol. The molecule has 2 aliphatic heterocycles. The van der Waals surface area contributed by atoms with Crippen molar-refractivity contribution < 1.29 is 76.7 Å². The van der Waals surface area contributed by atoms with Gasteiger partial charge in [-0.2, -0.15) is 0 Å². The van der Waals surface area contributed by atoms with Crippen molar-refractivity contribution in [2.45, 2.75) is 97.4 Å². The third-order valence-corrected chi connectivity index (χ3v) is 11.9. The molecule has 72 heavy (non-hydrogen) atoms. The Morgan fingerprint density at radius 3 is 1.89 bits per heavy atom. The maximum absolute atomic E-state index is 13.7. The lowest BCUT2D eigenvalue weighted by molar-refractivity contribution is -0.142. The molecular formula is C50H81N5O16S. The van der Waals surface area contributed by atoms with Crippen LogP contribution in [0.3, 0.4) is 0 Å². The second kappa shape index (κ2) is 41.0. The van der Waals surface area contributed by atoms with Crippen molar-refractivity contribution in [3.63, 3.8) is 0 Å². The van der Waals surface area contributed by atoms with Gasteiger partial charge < -0.3 is 54.4 Å². The van der Waals surface area contributed by atoms with Gasteiger partial charge in [0.15, 0.2) is 16.7 Å². The summed E-state index contributed by atoms with van der Waals surface area (Å²) in [7, 11) is 0. The number of nitrogens with one attached hydrogen (secondary N) is 5. The van der Waals surface area contributed by atoms with E-state index >= 15 is 0 Å². The van der Waals surface area contributed by atoms with Gasteiger partial charge in [0.2, 0.25) is 23.6 Å². The Kier molecular flexibility index (Phi) is 36.3. The summed E-state index contributed by atoms with van der Waals surface area (Å²) >= 11 is 0.891. The van der Waals surface area contributed by atoms with E-state index in [0.29, 0.717) is 117 Å². The summed E-state index contributed by atoms with van der Waals surface area (Å²) in [5.41, 5.74) is 2.60. The number of Topliss-reactive ketones (excluding diaryl/α,β-unsaturated/α-hetero) is 3. The molecule has 22 heteroatoms. The monoisotopic (exact) mass is 1040 g/mol. The second-order valence-corrected chi connectivity index (χ2v) is 18.7. The number of amides is 4. The molecule has 0 radical (unpaired) electrons. The maximum Gasteiger partial charge on any atom is 0.247 e. The van der Waals surface area contributed by atoms with E-state index in [9.17, 15) is 43.6 Å². The van der Waals surface area contributed by atoms with Crippen LogP contribution in [-0.4, -0.2) is 175 Å². The SMILES string of the molecule is CC(=O)SCC(=O)CCC(=O)NCC(=O)CCC(=O)NCCOCCOCCOCCCNCCOCCOCCOCCCC(=O)[C@@H]1Cc2ccc(cc2)OCCC[C@H](C(=O)NO)[C@@H](CC(C)C)C(=O)N1. The van der Waals surface area contributed by atoms with Crippen molar-refractivity contribution in [3.05, 3.63) is 29.8 Å². The van der Waals surface area contributed by atoms with E-state index < -0.39 is 29.7 Å². The largest absolute Gasteiger partial charge is 0.494 e. The van der Waals surface area contributed by atoms with Crippen molar-refractivity contribution >= 4 is 57.9 Å². The third-order valence-electron chi connectivity index (χ3n) is 11.0. The summed E-state index contributed by atoms with van der Waals surface area (Å²) in [6.07, 6.45) is 2.91. The van der Waals surface area contributed by atoms with Crippen molar-refractivity contribution in [1.29, 1.82) is 0 Å². The Hall–Kier alpha value is -4.39. The summed E-state index contributed by atoms with van der Waals surface area (Å²) in [5.74, 6) is -3.13. The Labute approximate surface area is 428 Å². The van der Waals surface area contributed by atoms with Crippen molar-refractivity contribution in [1.82, 2.24) is 26.7 Å². The highest BCUT2D eigenvalue weighted by atomic mass is 32.2. The molecule has 408 valence electrons. The van der Waals surface area contributed by atoms with Crippen LogP contribution >= 0.6 is 11.8 Å². The van der Waals surface area contributed by atoms with Crippen LogP contribution in [0, 0.1) is 17.8 Å². The predicted octanol–water partition coefficient (Wildman–Crippen LogP) is 2.31. The topological polar surface area (TPSA) is 282 Å².